The first-order valence-electron chi connectivity index (χ1n) is 5.49. The van der Waals surface area contributed by atoms with Crippen LogP contribution >= 0.6 is 0 Å². The maximum atomic E-state index is 11.4. The van der Waals surface area contributed by atoms with E-state index in [0.717, 1.165) is 5.56 Å². The van der Waals surface area contributed by atoms with Crippen molar-refractivity contribution in [1.29, 1.82) is 0 Å². The summed E-state index contributed by atoms with van der Waals surface area (Å²) in [6.07, 6.45) is -1.19. The molecule has 1 unspecified atom stereocenters. The lowest BCUT2D eigenvalue weighted by Crippen LogP contribution is -2.38. The maximum absolute atomic E-state index is 11.4. The predicted octanol–water partition coefficient (Wildman–Crippen LogP) is -0.360. The minimum atomic E-state index is -1.19. The first-order chi connectivity index (χ1) is 8.62. The van der Waals surface area contributed by atoms with E-state index in [2.05, 4.69) is 5.32 Å². The molecule has 1 aromatic rings. The van der Waals surface area contributed by atoms with Gasteiger partial charge in [-0.25, -0.2) is 0 Å². The van der Waals surface area contributed by atoms with Crippen LogP contribution in [0, 0.1) is 0 Å². The fraction of sp³-hybridized carbons (Fsp3) is 0.417. The van der Waals surface area contributed by atoms with Gasteiger partial charge in [-0.1, -0.05) is 0 Å². The van der Waals surface area contributed by atoms with Crippen molar-refractivity contribution >= 4 is 5.91 Å². The van der Waals surface area contributed by atoms with E-state index in [1.165, 1.54) is 7.11 Å². The van der Waals surface area contributed by atoms with E-state index in [1.54, 1.807) is 25.3 Å². The van der Waals surface area contributed by atoms with Gasteiger partial charge in [-0.3, -0.25) is 4.79 Å². The summed E-state index contributed by atoms with van der Waals surface area (Å²) in [5.41, 5.74) is 5.97. The molecule has 0 aliphatic carbocycles. The lowest BCUT2D eigenvalue weighted by Gasteiger charge is -2.12. The molecule has 1 rings (SSSR count). The number of rotatable bonds is 6. The van der Waals surface area contributed by atoms with Gasteiger partial charge in [0.1, 0.15) is 17.6 Å². The van der Waals surface area contributed by atoms with Crippen LogP contribution in [-0.4, -0.2) is 37.9 Å². The summed E-state index contributed by atoms with van der Waals surface area (Å²) in [7, 11) is 3.10. The molecule has 0 fully saturated rings. The van der Waals surface area contributed by atoms with Gasteiger partial charge in [0, 0.05) is 24.7 Å². The van der Waals surface area contributed by atoms with Crippen LogP contribution in [0.25, 0.3) is 0 Å². The predicted molar refractivity (Wildman–Crippen MR) is 66.5 cm³/mol. The highest BCUT2D eigenvalue weighted by atomic mass is 16.5. The molecule has 0 saturated heterocycles. The number of ether oxygens (including phenoxy) is 2. The van der Waals surface area contributed by atoms with Crippen molar-refractivity contribution in [3.8, 4) is 11.5 Å². The first-order valence-corrected chi connectivity index (χ1v) is 5.49. The number of nitrogens with one attached hydrogen (secondary N) is 1. The second-order valence-electron chi connectivity index (χ2n) is 3.65. The molecular formula is C12H18N2O4. The molecule has 18 heavy (non-hydrogen) atoms. The Balaban J connectivity index is 2.70. The summed E-state index contributed by atoms with van der Waals surface area (Å²) < 4.78 is 10.3. The molecule has 0 heterocycles. The van der Waals surface area contributed by atoms with Gasteiger partial charge in [0.05, 0.1) is 14.2 Å². The molecule has 0 bridgehead atoms. The highest BCUT2D eigenvalue weighted by molar-refractivity contribution is 5.80. The minimum Gasteiger partial charge on any atom is -0.497 e. The topological polar surface area (TPSA) is 93.8 Å². The molecule has 0 radical (unpaired) electrons. The molecule has 0 aliphatic heterocycles. The van der Waals surface area contributed by atoms with E-state index in [-0.39, 0.29) is 13.1 Å². The molecule has 0 aromatic heterocycles. The zero-order valence-electron chi connectivity index (χ0n) is 10.5. The lowest BCUT2D eigenvalue weighted by atomic mass is 10.2. The van der Waals surface area contributed by atoms with Gasteiger partial charge in [0.15, 0.2) is 0 Å². The summed E-state index contributed by atoms with van der Waals surface area (Å²) in [6.45, 7) is 0.147. The van der Waals surface area contributed by atoms with Crippen molar-refractivity contribution in [1.82, 2.24) is 5.32 Å². The molecule has 6 nitrogen and oxygen atoms in total. The van der Waals surface area contributed by atoms with Crippen LogP contribution in [0.5, 0.6) is 11.5 Å². The Kier molecular flexibility index (Phi) is 5.41. The number of carbonyl (C=O) groups excluding carboxylic acids is 1. The summed E-state index contributed by atoms with van der Waals surface area (Å²) in [5.74, 6) is 0.774. The van der Waals surface area contributed by atoms with Crippen molar-refractivity contribution in [2.75, 3.05) is 20.8 Å². The van der Waals surface area contributed by atoms with Crippen LogP contribution in [-0.2, 0) is 11.3 Å². The Hall–Kier alpha value is -1.79. The fourth-order valence-electron chi connectivity index (χ4n) is 1.41. The fourth-order valence-corrected chi connectivity index (χ4v) is 1.41. The third-order valence-electron chi connectivity index (χ3n) is 2.47. The number of nitrogens with two attached hydrogens (primary N) is 1. The molecule has 1 amide bonds. The van der Waals surface area contributed by atoms with Crippen LogP contribution in [0.4, 0.5) is 0 Å². The third kappa shape index (κ3) is 3.61. The van der Waals surface area contributed by atoms with Crippen molar-refractivity contribution in [2.24, 2.45) is 5.73 Å². The summed E-state index contributed by atoms with van der Waals surface area (Å²) in [4.78, 5) is 11.4. The first kappa shape index (κ1) is 14.3. The van der Waals surface area contributed by atoms with Crippen LogP contribution in [0.15, 0.2) is 18.2 Å². The van der Waals surface area contributed by atoms with Crippen molar-refractivity contribution in [3.63, 3.8) is 0 Å². The smallest absolute Gasteiger partial charge is 0.250 e. The third-order valence-corrected chi connectivity index (χ3v) is 2.47. The Labute approximate surface area is 106 Å². The molecule has 1 atom stereocenters. The highest BCUT2D eigenvalue weighted by Gasteiger charge is 2.13. The minimum absolute atomic E-state index is 0.106. The zero-order chi connectivity index (χ0) is 13.5. The van der Waals surface area contributed by atoms with Crippen LogP contribution in [0.3, 0.4) is 0 Å². The molecule has 1 aromatic carbocycles. The van der Waals surface area contributed by atoms with Gasteiger partial charge >= 0.3 is 0 Å². The largest absolute Gasteiger partial charge is 0.497 e. The lowest BCUT2D eigenvalue weighted by molar-refractivity contribution is -0.128. The van der Waals surface area contributed by atoms with E-state index in [0.29, 0.717) is 11.5 Å². The second-order valence-corrected chi connectivity index (χ2v) is 3.65. The van der Waals surface area contributed by atoms with Gasteiger partial charge in [0.25, 0.3) is 0 Å². The van der Waals surface area contributed by atoms with E-state index in [9.17, 15) is 9.90 Å². The van der Waals surface area contributed by atoms with Gasteiger partial charge in [0.2, 0.25) is 5.91 Å². The van der Waals surface area contributed by atoms with Gasteiger partial charge in [-0.05, 0) is 12.1 Å². The molecule has 6 heteroatoms. The molecule has 0 aliphatic rings. The molecule has 0 saturated carbocycles. The monoisotopic (exact) mass is 254 g/mol. The Morgan fingerprint density at radius 1 is 1.44 bits per heavy atom. The Morgan fingerprint density at radius 3 is 2.72 bits per heavy atom. The van der Waals surface area contributed by atoms with E-state index >= 15 is 0 Å². The van der Waals surface area contributed by atoms with E-state index in [4.69, 9.17) is 15.2 Å². The average molecular weight is 254 g/mol. The normalized spacial score (nSPS) is 11.8. The number of aliphatic hydroxyl groups is 1. The van der Waals surface area contributed by atoms with Crippen LogP contribution in [0.1, 0.15) is 5.56 Å². The number of hydrogen-bond acceptors (Lipinski definition) is 5. The van der Waals surface area contributed by atoms with Gasteiger partial charge in [-0.15, -0.1) is 0 Å². The SMILES string of the molecule is COc1ccc(CNC(=O)C(O)CN)c(OC)c1. The number of benzene rings is 1. The molecule has 100 valence electrons. The number of carbonyl (C=O) groups is 1. The maximum Gasteiger partial charge on any atom is 0.250 e. The van der Waals surface area contributed by atoms with Gasteiger partial charge < -0.3 is 25.6 Å². The standard InChI is InChI=1S/C12H18N2O4/c1-17-9-4-3-8(11(5-9)18-2)7-14-12(16)10(15)6-13/h3-5,10,15H,6-7,13H2,1-2H3,(H,14,16). The van der Waals surface area contributed by atoms with Crippen molar-refractivity contribution in [2.45, 2.75) is 12.6 Å². The van der Waals surface area contributed by atoms with E-state index < -0.39 is 12.0 Å². The molecule has 4 N–H and O–H groups in total. The zero-order valence-corrected chi connectivity index (χ0v) is 10.5. The number of methoxy groups -OCH3 is 2. The Morgan fingerprint density at radius 2 is 2.17 bits per heavy atom. The van der Waals surface area contributed by atoms with Crippen molar-refractivity contribution in [3.05, 3.63) is 23.8 Å². The number of amides is 1. The van der Waals surface area contributed by atoms with Crippen molar-refractivity contribution < 1.29 is 19.4 Å². The van der Waals surface area contributed by atoms with Crippen LogP contribution < -0.4 is 20.5 Å². The Bertz CT molecular complexity index is 409. The molecule has 0 spiro atoms. The highest BCUT2D eigenvalue weighted by Crippen LogP contribution is 2.24. The van der Waals surface area contributed by atoms with E-state index in [1.807, 2.05) is 0 Å². The second kappa shape index (κ2) is 6.83. The summed E-state index contributed by atoms with van der Waals surface area (Å²) >= 11 is 0. The quantitative estimate of drug-likeness (QED) is 0.644. The number of hydrogen-bond donors (Lipinski definition) is 3. The molecular weight excluding hydrogens is 236 g/mol. The number of aliphatic hydroxyl groups excluding tert-OH is 1. The summed E-state index contributed by atoms with van der Waals surface area (Å²) in [6, 6.07) is 5.27. The van der Waals surface area contributed by atoms with Gasteiger partial charge in [-0.2, -0.15) is 0 Å². The average Bonchev–Trinajstić information content (AvgIpc) is 2.43. The summed E-state index contributed by atoms with van der Waals surface area (Å²) in [5, 5.41) is 11.8. The van der Waals surface area contributed by atoms with Crippen LogP contribution in [0.2, 0.25) is 0 Å².